The Balaban J connectivity index is 2.69. The van der Waals surface area contributed by atoms with Gasteiger partial charge in [0.1, 0.15) is 5.82 Å². The summed E-state index contributed by atoms with van der Waals surface area (Å²) in [5.74, 6) is -0.102. The molecule has 21 heavy (non-hydrogen) atoms. The number of hydrogen-bond acceptors (Lipinski definition) is 2. The lowest BCUT2D eigenvalue weighted by atomic mass is 10.0. The minimum atomic E-state index is -0.102. The van der Waals surface area contributed by atoms with Crippen molar-refractivity contribution < 1.29 is 4.39 Å². The number of aryl methyl sites for hydroxylation is 1. The normalized spacial score (nSPS) is 12.9. The third kappa shape index (κ3) is 6.15. The van der Waals surface area contributed by atoms with Gasteiger partial charge in [0.15, 0.2) is 0 Å². The van der Waals surface area contributed by atoms with E-state index in [4.69, 9.17) is 0 Å². The fourth-order valence-electron chi connectivity index (χ4n) is 2.74. The Morgan fingerprint density at radius 3 is 2.29 bits per heavy atom. The van der Waals surface area contributed by atoms with Gasteiger partial charge in [-0.25, -0.2) is 4.39 Å². The molecule has 0 radical (unpaired) electrons. The molecule has 0 aliphatic rings. The molecule has 0 bridgehead atoms. The van der Waals surface area contributed by atoms with Gasteiger partial charge in [0.25, 0.3) is 0 Å². The molecule has 1 unspecified atom stereocenters. The van der Waals surface area contributed by atoms with Crippen LogP contribution in [-0.2, 0) is 0 Å². The summed E-state index contributed by atoms with van der Waals surface area (Å²) in [6, 6.07) is 5.86. The first-order valence-electron chi connectivity index (χ1n) is 8.34. The molecule has 0 fully saturated rings. The molecule has 120 valence electrons. The maximum absolute atomic E-state index is 13.8. The van der Waals surface area contributed by atoms with Crippen LogP contribution in [0.25, 0.3) is 0 Å². The van der Waals surface area contributed by atoms with E-state index in [0.717, 1.165) is 38.2 Å². The molecule has 0 spiro atoms. The zero-order valence-electron chi connectivity index (χ0n) is 14.1. The van der Waals surface area contributed by atoms with E-state index < -0.39 is 0 Å². The summed E-state index contributed by atoms with van der Waals surface area (Å²) < 4.78 is 13.8. The molecule has 0 aliphatic carbocycles. The lowest BCUT2D eigenvalue weighted by Gasteiger charge is -2.25. The van der Waals surface area contributed by atoms with E-state index in [-0.39, 0.29) is 11.9 Å². The molecule has 0 saturated heterocycles. The van der Waals surface area contributed by atoms with Crippen LogP contribution in [0, 0.1) is 12.7 Å². The minimum absolute atomic E-state index is 0.102. The van der Waals surface area contributed by atoms with Crippen molar-refractivity contribution in [3.8, 4) is 0 Å². The molecule has 0 amide bonds. The molecule has 3 heteroatoms. The third-order valence-electron chi connectivity index (χ3n) is 3.86. The third-order valence-corrected chi connectivity index (χ3v) is 3.86. The van der Waals surface area contributed by atoms with Crippen molar-refractivity contribution in [2.24, 2.45) is 0 Å². The molecular formula is C18H31FN2. The average Bonchev–Trinajstić information content (AvgIpc) is 2.46. The molecule has 1 aromatic carbocycles. The zero-order valence-corrected chi connectivity index (χ0v) is 14.1. The van der Waals surface area contributed by atoms with E-state index >= 15 is 0 Å². The van der Waals surface area contributed by atoms with Crippen molar-refractivity contribution in [1.29, 1.82) is 0 Å². The fourth-order valence-corrected chi connectivity index (χ4v) is 2.74. The Labute approximate surface area is 129 Å². The lowest BCUT2D eigenvalue weighted by Crippen LogP contribution is -2.31. The molecule has 0 aromatic heterocycles. The highest BCUT2D eigenvalue weighted by molar-refractivity contribution is 5.25. The monoisotopic (exact) mass is 294 g/mol. The summed E-state index contributed by atoms with van der Waals surface area (Å²) in [5.41, 5.74) is 1.78. The Kier molecular flexibility index (Phi) is 8.55. The highest BCUT2D eigenvalue weighted by Gasteiger charge is 2.13. The van der Waals surface area contributed by atoms with Crippen molar-refractivity contribution in [2.45, 2.75) is 53.0 Å². The Morgan fingerprint density at radius 1 is 1.10 bits per heavy atom. The molecule has 0 heterocycles. The van der Waals surface area contributed by atoms with Gasteiger partial charge in [0.2, 0.25) is 0 Å². The van der Waals surface area contributed by atoms with Gasteiger partial charge in [-0.2, -0.15) is 0 Å². The summed E-state index contributed by atoms with van der Waals surface area (Å²) in [7, 11) is 0. The summed E-state index contributed by atoms with van der Waals surface area (Å²) in [4.78, 5) is 2.51. The molecule has 1 atom stereocenters. The van der Waals surface area contributed by atoms with Crippen LogP contribution in [0.1, 0.15) is 57.2 Å². The number of nitrogens with one attached hydrogen (secondary N) is 1. The van der Waals surface area contributed by atoms with Crippen molar-refractivity contribution in [2.75, 3.05) is 26.2 Å². The van der Waals surface area contributed by atoms with Gasteiger partial charge in [0.05, 0.1) is 0 Å². The maximum atomic E-state index is 13.8. The summed E-state index contributed by atoms with van der Waals surface area (Å²) in [6.45, 7) is 12.6. The van der Waals surface area contributed by atoms with Crippen molar-refractivity contribution in [3.63, 3.8) is 0 Å². The van der Waals surface area contributed by atoms with E-state index in [2.05, 4.69) is 37.1 Å². The maximum Gasteiger partial charge on any atom is 0.126 e. The Morgan fingerprint density at radius 2 is 1.76 bits per heavy atom. The Hall–Kier alpha value is -0.930. The number of hydrogen-bond donors (Lipinski definition) is 1. The molecule has 0 aliphatic heterocycles. The number of benzene rings is 1. The number of nitrogens with zero attached hydrogens (tertiary/aromatic N) is 1. The quantitative estimate of drug-likeness (QED) is 0.692. The van der Waals surface area contributed by atoms with Crippen LogP contribution in [0.15, 0.2) is 18.2 Å². The summed E-state index contributed by atoms with van der Waals surface area (Å²) in [5, 5.41) is 3.49. The van der Waals surface area contributed by atoms with Crippen molar-refractivity contribution >= 4 is 0 Å². The molecular weight excluding hydrogens is 263 g/mol. The van der Waals surface area contributed by atoms with Crippen LogP contribution in [0.2, 0.25) is 0 Å². The van der Waals surface area contributed by atoms with E-state index in [1.54, 1.807) is 6.07 Å². The van der Waals surface area contributed by atoms with E-state index in [1.165, 1.54) is 12.8 Å². The number of halogens is 1. The first kappa shape index (κ1) is 18.1. The highest BCUT2D eigenvalue weighted by Crippen LogP contribution is 2.20. The van der Waals surface area contributed by atoms with Crippen molar-refractivity contribution in [3.05, 3.63) is 35.1 Å². The largest absolute Gasteiger partial charge is 0.310 e. The van der Waals surface area contributed by atoms with Gasteiger partial charge >= 0.3 is 0 Å². The van der Waals surface area contributed by atoms with Crippen LogP contribution in [0.5, 0.6) is 0 Å². The topological polar surface area (TPSA) is 15.3 Å². The van der Waals surface area contributed by atoms with Crippen LogP contribution < -0.4 is 5.32 Å². The fraction of sp³-hybridized carbons (Fsp3) is 0.667. The van der Waals surface area contributed by atoms with Gasteiger partial charge in [-0.3, -0.25) is 0 Å². The van der Waals surface area contributed by atoms with Crippen LogP contribution in [-0.4, -0.2) is 31.1 Å². The van der Waals surface area contributed by atoms with Gasteiger partial charge in [-0.1, -0.05) is 32.9 Å². The summed E-state index contributed by atoms with van der Waals surface area (Å²) in [6.07, 6.45) is 3.40. The summed E-state index contributed by atoms with van der Waals surface area (Å²) >= 11 is 0. The standard InChI is InChI=1S/C18H31FN2/c1-5-11-21(12-6-2)13-10-18(20-7-3)16-9-8-15(4)17(19)14-16/h8-9,14,18,20H,5-7,10-13H2,1-4H3. The van der Waals surface area contributed by atoms with E-state index in [1.807, 2.05) is 13.0 Å². The molecule has 1 rings (SSSR count). The average molecular weight is 294 g/mol. The smallest absolute Gasteiger partial charge is 0.126 e. The molecule has 2 nitrogen and oxygen atoms in total. The van der Waals surface area contributed by atoms with Crippen LogP contribution in [0.3, 0.4) is 0 Å². The molecule has 1 N–H and O–H groups in total. The molecule has 0 saturated carbocycles. The Bertz CT molecular complexity index is 400. The van der Waals surface area contributed by atoms with Gasteiger partial charge in [-0.05, 0) is 69.6 Å². The van der Waals surface area contributed by atoms with Gasteiger partial charge < -0.3 is 10.2 Å². The highest BCUT2D eigenvalue weighted by atomic mass is 19.1. The van der Waals surface area contributed by atoms with Crippen LogP contribution >= 0.6 is 0 Å². The predicted octanol–water partition coefficient (Wildman–Crippen LogP) is 4.30. The zero-order chi connectivity index (χ0) is 15.7. The second-order valence-electron chi connectivity index (χ2n) is 5.75. The second kappa shape index (κ2) is 9.91. The predicted molar refractivity (Wildman–Crippen MR) is 89.2 cm³/mol. The SMILES string of the molecule is CCCN(CCC)CCC(NCC)c1ccc(C)c(F)c1. The first-order valence-corrected chi connectivity index (χ1v) is 8.34. The lowest BCUT2D eigenvalue weighted by molar-refractivity contribution is 0.257. The van der Waals surface area contributed by atoms with Crippen LogP contribution in [0.4, 0.5) is 4.39 Å². The second-order valence-corrected chi connectivity index (χ2v) is 5.75. The minimum Gasteiger partial charge on any atom is -0.310 e. The number of rotatable bonds is 10. The van der Waals surface area contributed by atoms with Gasteiger partial charge in [-0.15, -0.1) is 0 Å². The van der Waals surface area contributed by atoms with E-state index in [0.29, 0.717) is 5.56 Å². The van der Waals surface area contributed by atoms with Crippen molar-refractivity contribution in [1.82, 2.24) is 10.2 Å². The van der Waals surface area contributed by atoms with E-state index in [9.17, 15) is 4.39 Å². The van der Waals surface area contributed by atoms with Gasteiger partial charge in [0, 0.05) is 6.04 Å². The first-order chi connectivity index (χ1) is 10.1. The molecule has 1 aromatic rings.